The minimum atomic E-state index is -0.237. The van der Waals surface area contributed by atoms with Crippen LogP contribution in [0.4, 0.5) is 11.4 Å². The Hall–Kier alpha value is -1.62. The highest BCUT2D eigenvalue weighted by molar-refractivity contribution is 6.44. The van der Waals surface area contributed by atoms with Crippen LogP contribution in [0.25, 0.3) is 0 Å². The Balaban J connectivity index is 2.00. The van der Waals surface area contributed by atoms with E-state index in [9.17, 15) is 4.79 Å². The Labute approximate surface area is 149 Å². The lowest BCUT2D eigenvalue weighted by molar-refractivity contribution is -0.114. The number of amides is 1. The molecule has 2 aromatic carbocycles. The molecular weight excluding hydrogens is 359 g/mol. The van der Waals surface area contributed by atoms with Gasteiger partial charge in [0.25, 0.3) is 0 Å². The summed E-state index contributed by atoms with van der Waals surface area (Å²) in [5.74, 6) is 0.384. The fourth-order valence-corrected chi connectivity index (χ4v) is 2.49. The molecule has 0 fully saturated rings. The van der Waals surface area contributed by atoms with Crippen molar-refractivity contribution >= 4 is 52.1 Å². The highest BCUT2D eigenvalue weighted by Crippen LogP contribution is 2.32. The van der Waals surface area contributed by atoms with Crippen LogP contribution in [-0.4, -0.2) is 19.1 Å². The number of nitrogens with one attached hydrogen (secondary N) is 2. The second kappa shape index (κ2) is 8.29. The van der Waals surface area contributed by atoms with Gasteiger partial charge in [0, 0.05) is 0 Å². The van der Waals surface area contributed by atoms with E-state index in [-0.39, 0.29) is 12.5 Å². The molecule has 2 aromatic rings. The maximum Gasteiger partial charge on any atom is 0.243 e. The molecule has 0 saturated heterocycles. The molecule has 0 aliphatic heterocycles. The van der Waals surface area contributed by atoms with Crippen LogP contribution in [0.3, 0.4) is 0 Å². The van der Waals surface area contributed by atoms with E-state index in [1.165, 1.54) is 6.07 Å². The first-order chi connectivity index (χ1) is 11.0. The third-order valence-electron chi connectivity index (χ3n) is 2.91. The summed E-state index contributed by atoms with van der Waals surface area (Å²) < 4.78 is 5.46. The number of anilines is 2. The zero-order valence-electron chi connectivity index (χ0n) is 12.3. The van der Waals surface area contributed by atoms with Crippen molar-refractivity contribution in [3.8, 4) is 5.75 Å². The predicted octanol–water partition coefficient (Wildman–Crippen LogP) is 5.10. The Morgan fingerprint density at radius 1 is 1.04 bits per heavy atom. The first-order valence-electron chi connectivity index (χ1n) is 6.91. The molecule has 1 amide bonds. The molecule has 0 unspecified atom stereocenters. The van der Waals surface area contributed by atoms with Crippen molar-refractivity contribution in [2.75, 3.05) is 23.8 Å². The van der Waals surface area contributed by atoms with Crippen LogP contribution in [0.15, 0.2) is 36.4 Å². The van der Waals surface area contributed by atoms with Crippen molar-refractivity contribution < 1.29 is 9.53 Å². The summed E-state index contributed by atoms with van der Waals surface area (Å²) in [5, 5.41) is 6.82. The van der Waals surface area contributed by atoms with E-state index in [0.29, 0.717) is 38.8 Å². The van der Waals surface area contributed by atoms with Gasteiger partial charge in [-0.3, -0.25) is 4.79 Å². The number of halogens is 3. The molecule has 122 valence electrons. The topological polar surface area (TPSA) is 50.4 Å². The number of hydrogen-bond donors (Lipinski definition) is 2. The second-order valence-corrected chi connectivity index (χ2v) is 5.80. The summed E-state index contributed by atoms with van der Waals surface area (Å²) in [7, 11) is 0. The van der Waals surface area contributed by atoms with E-state index in [1.807, 2.05) is 19.1 Å². The van der Waals surface area contributed by atoms with Gasteiger partial charge < -0.3 is 15.4 Å². The average Bonchev–Trinajstić information content (AvgIpc) is 2.52. The average molecular weight is 374 g/mol. The molecule has 0 atom stereocenters. The van der Waals surface area contributed by atoms with Crippen molar-refractivity contribution in [3.05, 3.63) is 51.5 Å². The molecule has 2 N–H and O–H groups in total. The number of carbonyl (C=O) groups is 1. The zero-order valence-corrected chi connectivity index (χ0v) is 14.6. The lowest BCUT2D eigenvalue weighted by Gasteiger charge is -2.13. The largest absolute Gasteiger partial charge is 0.492 e. The van der Waals surface area contributed by atoms with E-state index in [0.717, 1.165) is 0 Å². The quantitative estimate of drug-likeness (QED) is 0.693. The van der Waals surface area contributed by atoms with Crippen molar-refractivity contribution in [2.24, 2.45) is 0 Å². The Kier molecular flexibility index (Phi) is 6.39. The third kappa shape index (κ3) is 4.93. The number of para-hydroxylation sites is 2. The van der Waals surface area contributed by atoms with Crippen LogP contribution in [0, 0.1) is 0 Å². The molecule has 0 aliphatic carbocycles. The van der Waals surface area contributed by atoms with Crippen LogP contribution in [0.5, 0.6) is 5.75 Å². The Morgan fingerprint density at radius 2 is 1.74 bits per heavy atom. The van der Waals surface area contributed by atoms with E-state index >= 15 is 0 Å². The van der Waals surface area contributed by atoms with E-state index in [2.05, 4.69) is 10.6 Å². The summed E-state index contributed by atoms with van der Waals surface area (Å²) >= 11 is 17.9. The molecule has 7 heteroatoms. The predicted molar refractivity (Wildman–Crippen MR) is 96.2 cm³/mol. The number of rotatable bonds is 6. The molecule has 2 rings (SSSR count). The Bertz CT molecular complexity index is 708. The fourth-order valence-electron chi connectivity index (χ4n) is 1.88. The first kappa shape index (κ1) is 17.7. The number of hydrogen-bond acceptors (Lipinski definition) is 3. The van der Waals surface area contributed by atoms with Gasteiger partial charge in [0.2, 0.25) is 5.91 Å². The van der Waals surface area contributed by atoms with Gasteiger partial charge in [-0.2, -0.15) is 0 Å². The molecule has 0 aromatic heterocycles. The van der Waals surface area contributed by atoms with Gasteiger partial charge >= 0.3 is 0 Å². The summed E-state index contributed by atoms with van der Waals surface area (Å²) in [4.78, 5) is 12.1. The summed E-state index contributed by atoms with van der Waals surface area (Å²) in [6.45, 7) is 2.43. The van der Waals surface area contributed by atoms with Crippen LogP contribution < -0.4 is 15.4 Å². The lowest BCUT2D eigenvalue weighted by atomic mass is 10.3. The van der Waals surface area contributed by atoms with Crippen molar-refractivity contribution in [1.82, 2.24) is 0 Å². The van der Waals surface area contributed by atoms with Crippen LogP contribution in [0.2, 0.25) is 15.1 Å². The number of benzene rings is 2. The molecule has 0 aliphatic rings. The van der Waals surface area contributed by atoms with Gasteiger partial charge in [0.1, 0.15) is 5.75 Å². The minimum Gasteiger partial charge on any atom is -0.492 e. The van der Waals surface area contributed by atoms with Crippen molar-refractivity contribution in [1.29, 1.82) is 0 Å². The van der Waals surface area contributed by atoms with Crippen molar-refractivity contribution in [3.63, 3.8) is 0 Å². The van der Waals surface area contributed by atoms with Gasteiger partial charge in [0.15, 0.2) is 0 Å². The highest BCUT2D eigenvalue weighted by atomic mass is 35.5. The van der Waals surface area contributed by atoms with E-state index in [4.69, 9.17) is 39.5 Å². The standard InChI is InChI=1S/C16H15Cl3N2O2/c1-2-23-15-6-4-3-5-13(15)21-16(22)9-20-14-8-11(18)10(17)7-12(14)19/h3-8,20H,2,9H2,1H3,(H,21,22). The van der Waals surface area contributed by atoms with Gasteiger partial charge in [-0.05, 0) is 31.2 Å². The maximum absolute atomic E-state index is 12.1. The fraction of sp³-hybridized carbons (Fsp3) is 0.188. The van der Waals surface area contributed by atoms with Gasteiger partial charge in [0.05, 0.1) is 39.6 Å². The molecular formula is C16H15Cl3N2O2. The minimum absolute atomic E-state index is 0.0259. The summed E-state index contributed by atoms with van der Waals surface area (Å²) in [6, 6.07) is 10.3. The van der Waals surface area contributed by atoms with E-state index in [1.54, 1.807) is 18.2 Å². The summed E-state index contributed by atoms with van der Waals surface area (Å²) in [5.41, 5.74) is 1.15. The van der Waals surface area contributed by atoms with Crippen molar-refractivity contribution in [2.45, 2.75) is 6.92 Å². The summed E-state index contributed by atoms with van der Waals surface area (Å²) in [6.07, 6.45) is 0. The normalized spacial score (nSPS) is 10.3. The molecule has 0 bridgehead atoms. The zero-order chi connectivity index (χ0) is 16.8. The molecule has 0 radical (unpaired) electrons. The van der Waals surface area contributed by atoms with Gasteiger partial charge in [-0.15, -0.1) is 0 Å². The van der Waals surface area contributed by atoms with Crippen LogP contribution in [0.1, 0.15) is 6.92 Å². The van der Waals surface area contributed by atoms with Crippen LogP contribution >= 0.6 is 34.8 Å². The molecule has 0 spiro atoms. The van der Waals surface area contributed by atoms with Gasteiger partial charge in [-0.1, -0.05) is 46.9 Å². The third-order valence-corrected chi connectivity index (χ3v) is 3.95. The number of ether oxygens (including phenoxy) is 1. The first-order valence-corrected chi connectivity index (χ1v) is 8.04. The Morgan fingerprint density at radius 3 is 2.48 bits per heavy atom. The maximum atomic E-state index is 12.1. The molecule has 23 heavy (non-hydrogen) atoms. The SMILES string of the molecule is CCOc1ccccc1NC(=O)CNc1cc(Cl)c(Cl)cc1Cl. The molecule has 0 heterocycles. The molecule has 0 saturated carbocycles. The van der Waals surface area contributed by atoms with E-state index < -0.39 is 0 Å². The van der Waals surface area contributed by atoms with Crippen LogP contribution in [-0.2, 0) is 4.79 Å². The molecule has 4 nitrogen and oxygen atoms in total. The number of carbonyl (C=O) groups excluding carboxylic acids is 1. The monoisotopic (exact) mass is 372 g/mol. The highest BCUT2D eigenvalue weighted by Gasteiger charge is 2.10. The lowest BCUT2D eigenvalue weighted by Crippen LogP contribution is -2.22. The second-order valence-electron chi connectivity index (χ2n) is 4.58. The smallest absolute Gasteiger partial charge is 0.243 e. The van der Waals surface area contributed by atoms with Gasteiger partial charge in [-0.25, -0.2) is 0 Å².